The van der Waals surface area contributed by atoms with Crippen LogP contribution < -0.4 is 0 Å². The zero-order chi connectivity index (χ0) is 12.3. The molecule has 0 aliphatic rings. The van der Waals surface area contributed by atoms with Crippen LogP contribution in [0.25, 0.3) is 0 Å². The Kier molecular flexibility index (Phi) is 5.49. The molecule has 0 radical (unpaired) electrons. The topological polar surface area (TPSA) is 52.6 Å². The predicted octanol–water partition coefficient (Wildman–Crippen LogP) is 4.26. The van der Waals surface area contributed by atoms with E-state index in [-0.39, 0.29) is 5.41 Å². The molecule has 0 spiro atoms. The fourth-order valence-electron chi connectivity index (χ4n) is 1.62. The van der Waals surface area contributed by atoms with Crippen molar-refractivity contribution in [1.82, 2.24) is 0 Å². The third kappa shape index (κ3) is 9.07. The number of hydrogen-bond acceptors (Lipinski definition) is 4. The highest BCUT2D eigenvalue weighted by molar-refractivity contribution is 7.50. The van der Waals surface area contributed by atoms with Gasteiger partial charge < -0.3 is 0 Å². The van der Waals surface area contributed by atoms with E-state index in [1.54, 1.807) is 0 Å². The summed E-state index contributed by atoms with van der Waals surface area (Å²) >= 11 is 0. The van der Waals surface area contributed by atoms with Crippen molar-refractivity contribution < 1.29 is 18.0 Å². The third-order valence-electron chi connectivity index (χ3n) is 1.46. The molecule has 0 aliphatic heterocycles. The summed E-state index contributed by atoms with van der Waals surface area (Å²) in [5, 5.41) is 0. The standard InChI is InChI=1S/C9H20O4P2/c1-8(2,3)7-9(4,5)12-15(11)13-14(6)10/h7H2,1-6H3/q+2. The molecule has 4 nitrogen and oxygen atoms in total. The number of rotatable bonds is 5. The van der Waals surface area contributed by atoms with E-state index in [1.807, 2.05) is 13.8 Å². The summed E-state index contributed by atoms with van der Waals surface area (Å²) in [6.45, 7) is 11.3. The van der Waals surface area contributed by atoms with Gasteiger partial charge in [-0.05, 0) is 30.2 Å². The van der Waals surface area contributed by atoms with Gasteiger partial charge in [0, 0.05) is 4.57 Å². The molecule has 0 saturated heterocycles. The van der Waals surface area contributed by atoms with Crippen molar-refractivity contribution in [2.75, 3.05) is 6.66 Å². The fourth-order valence-corrected chi connectivity index (χ4v) is 2.97. The SMILES string of the molecule is C[P+](=O)O[P+](=O)OC(C)(C)CC(C)(C)C. The lowest BCUT2D eigenvalue weighted by Gasteiger charge is -2.26. The molecular weight excluding hydrogens is 234 g/mol. The van der Waals surface area contributed by atoms with Crippen molar-refractivity contribution in [3.8, 4) is 0 Å². The van der Waals surface area contributed by atoms with Crippen molar-refractivity contribution in [2.45, 2.75) is 46.6 Å². The summed E-state index contributed by atoms with van der Waals surface area (Å²) in [5.74, 6) is 0. The van der Waals surface area contributed by atoms with Crippen molar-refractivity contribution in [3.63, 3.8) is 0 Å². The summed E-state index contributed by atoms with van der Waals surface area (Å²) in [7, 11) is -4.18. The molecule has 0 heterocycles. The minimum atomic E-state index is -2.29. The molecule has 0 saturated carbocycles. The average Bonchev–Trinajstić information content (AvgIpc) is 1.73. The monoisotopic (exact) mass is 254 g/mol. The van der Waals surface area contributed by atoms with Gasteiger partial charge in [0.2, 0.25) is 0 Å². The van der Waals surface area contributed by atoms with E-state index in [1.165, 1.54) is 6.66 Å². The summed E-state index contributed by atoms with van der Waals surface area (Å²) < 4.78 is 31.8. The summed E-state index contributed by atoms with van der Waals surface area (Å²) in [4.78, 5) is 0. The molecule has 0 aromatic carbocycles. The van der Waals surface area contributed by atoms with Crippen LogP contribution in [0.3, 0.4) is 0 Å². The normalized spacial score (nSPS) is 15.1. The zero-order valence-corrected chi connectivity index (χ0v) is 12.0. The molecule has 0 aromatic rings. The highest BCUT2D eigenvalue weighted by atomic mass is 31.2. The minimum absolute atomic E-state index is 0.0775. The maximum Gasteiger partial charge on any atom is 0.745 e. The molecule has 0 fully saturated rings. The van der Waals surface area contributed by atoms with Crippen LogP contribution in [-0.4, -0.2) is 12.3 Å². The van der Waals surface area contributed by atoms with Crippen molar-refractivity contribution in [3.05, 3.63) is 0 Å². The summed E-state index contributed by atoms with van der Waals surface area (Å²) in [6.07, 6.45) is 0.741. The molecule has 6 heteroatoms. The first-order valence-corrected chi connectivity index (χ1v) is 7.49. The van der Waals surface area contributed by atoms with Crippen molar-refractivity contribution in [2.24, 2.45) is 5.41 Å². The Bertz CT molecular complexity index is 255. The Balaban J connectivity index is 4.25. The van der Waals surface area contributed by atoms with Crippen LogP contribution in [0.1, 0.15) is 41.0 Å². The van der Waals surface area contributed by atoms with Crippen LogP contribution in [0.4, 0.5) is 0 Å². The zero-order valence-electron chi connectivity index (χ0n) is 10.2. The molecule has 0 aliphatic carbocycles. The molecule has 2 unspecified atom stereocenters. The maximum absolute atomic E-state index is 11.3. The van der Waals surface area contributed by atoms with E-state index < -0.39 is 21.9 Å². The van der Waals surface area contributed by atoms with Gasteiger partial charge in [0.25, 0.3) is 0 Å². The predicted molar refractivity (Wildman–Crippen MR) is 61.5 cm³/mol. The highest BCUT2D eigenvalue weighted by Gasteiger charge is 2.41. The van der Waals surface area contributed by atoms with Gasteiger partial charge in [-0.3, -0.25) is 0 Å². The Labute approximate surface area is 93.6 Å². The molecule has 15 heavy (non-hydrogen) atoms. The van der Waals surface area contributed by atoms with Gasteiger partial charge in [-0.25, -0.2) is 0 Å². The van der Waals surface area contributed by atoms with Gasteiger partial charge in [-0.15, -0.1) is 4.52 Å². The van der Waals surface area contributed by atoms with Crippen LogP contribution in [0.15, 0.2) is 0 Å². The van der Waals surface area contributed by atoms with E-state index >= 15 is 0 Å². The Morgan fingerprint density at radius 1 is 1.07 bits per heavy atom. The molecule has 0 N–H and O–H groups in total. The largest absolute Gasteiger partial charge is 0.745 e. The van der Waals surface area contributed by atoms with Gasteiger partial charge in [-0.2, -0.15) is 0 Å². The molecule has 0 amide bonds. The molecule has 88 valence electrons. The first kappa shape index (κ1) is 15.1. The fraction of sp³-hybridized carbons (Fsp3) is 1.00. The molecule has 0 bridgehead atoms. The molecular formula is C9H20O4P2+2. The van der Waals surface area contributed by atoms with Crippen LogP contribution >= 0.6 is 16.3 Å². The lowest BCUT2D eigenvalue weighted by Crippen LogP contribution is -2.28. The van der Waals surface area contributed by atoms with E-state index in [4.69, 9.17) is 4.52 Å². The van der Waals surface area contributed by atoms with Gasteiger partial charge in [0.1, 0.15) is 9.91 Å². The first-order chi connectivity index (χ1) is 6.52. The Hall–Kier alpha value is 0.120. The quantitative estimate of drug-likeness (QED) is 0.687. The van der Waals surface area contributed by atoms with Gasteiger partial charge in [-0.1, -0.05) is 20.8 Å². The second-order valence-corrected chi connectivity index (χ2v) is 7.50. The lowest BCUT2D eigenvalue weighted by atomic mass is 9.84. The lowest BCUT2D eigenvalue weighted by molar-refractivity contribution is 0.0612. The molecule has 0 rings (SSSR count). The Morgan fingerprint density at radius 3 is 1.87 bits per heavy atom. The second-order valence-electron chi connectivity index (χ2n) is 5.33. The molecule has 2 atom stereocenters. The minimum Gasteiger partial charge on any atom is -0.110 e. The van der Waals surface area contributed by atoms with Crippen molar-refractivity contribution >= 4 is 16.3 Å². The van der Waals surface area contributed by atoms with E-state index in [0.717, 1.165) is 6.42 Å². The van der Waals surface area contributed by atoms with Crippen LogP contribution in [-0.2, 0) is 18.0 Å². The third-order valence-corrected chi connectivity index (χ3v) is 3.56. The van der Waals surface area contributed by atoms with Crippen LogP contribution in [0.5, 0.6) is 0 Å². The van der Waals surface area contributed by atoms with Crippen molar-refractivity contribution in [1.29, 1.82) is 0 Å². The van der Waals surface area contributed by atoms with Gasteiger partial charge in [0.05, 0.1) is 0 Å². The Morgan fingerprint density at radius 2 is 1.53 bits per heavy atom. The van der Waals surface area contributed by atoms with Crippen LogP contribution in [0, 0.1) is 5.41 Å². The number of hydrogen-bond donors (Lipinski definition) is 0. The smallest absolute Gasteiger partial charge is 0.110 e. The average molecular weight is 254 g/mol. The van der Waals surface area contributed by atoms with Crippen LogP contribution in [0.2, 0.25) is 0 Å². The van der Waals surface area contributed by atoms with Gasteiger partial charge >= 0.3 is 16.3 Å². The first-order valence-electron chi connectivity index (χ1n) is 4.77. The van der Waals surface area contributed by atoms with Gasteiger partial charge in [0.15, 0.2) is 6.66 Å². The van der Waals surface area contributed by atoms with E-state index in [2.05, 4.69) is 25.1 Å². The highest BCUT2D eigenvalue weighted by Crippen LogP contribution is 2.42. The second kappa shape index (κ2) is 5.45. The van der Waals surface area contributed by atoms with E-state index in [9.17, 15) is 9.13 Å². The molecule has 0 aromatic heterocycles. The summed E-state index contributed by atoms with van der Waals surface area (Å²) in [5.41, 5.74) is -0.467. The summed E-state index contributed by atoms with van der Waals surface area (Å²) in [6, 6.07) is 0. The maximum atomic E-state index is 11.3. The van der Waals surface area contributed by atoms with E-state index in [0.29, 0.717) is 0 Å².